The summed E-state index contributed by atoms with van der Waals surface area (Å²) in [5.41, 5.74) is 10.5. The van der Waals surface area contributed by atoms with Crippen LogP contribution in [-0.4, -0.2) is 37.9 Å². The van der Waals surface area contributed by atoms with Crippen LogP contribution < -0.4 is 11.1 Å². The number of hydrogen-bond donors (Lipinski definition) is 2. The zero-order valence-electron chi connectivity index (χ0n) is 17.0. The maximum atomic E-state index is 12.1. The van der Waals surface area contributed by atoms with Crippen LogP contribution >= 0.6 is 0 Å². The van der Waals surface area contributed by atoms with Crippen LogP contribution in [0.25, 0.3) is 11.1 Å². The highest BCUT2D eigenvalue weighted by molar-refractivity contribution is 5.79. The lowest BCUT2D eigenvalue weighted by molar-refractivity contribution is -0.144. The van der Waals surface area contributed by atoms with Crippen molar-refractivity contribution in [3.63, 3.8) is 0 Å². The van der Waals surface area contributed by atoms with Gasteiger partial charge in [-0.1, -0.05) is 61.2 Å². The Hall–Kier alpha value is -3.12. The maximum absolute atomic E-state index is 12.1. The van der Waals surface area contributed by atoms with Crippen molar-refractivity contribution >= 4 is 12.1 Å². The number of benzene rings is 2. The topological polar surface area (TPSA) is 90.6 Å². The van der Waals surface area contributed by atoms with E-state index >= 15 is 0 Å². The number of amides is 1. The Balaban J connectivity index is 1.39. The third kappa shape index (κ3) is 5.27. The van der Waals surface area contributed by atoms with Gasteiger partial charge in [-0.2, -0.15) is 0 Å². The van der Waals surface area contributed by atoms with E-state index in [1.807, 2.05) is 24.3 Å². The fourth-order valence-corrected chi connectivity index (χ4v) is 3.70. The molecule has 0 fully saturated rings. The van der Waals surface area contributed by atoms with Gasteiger partial charge in [0.05, 0.1) is 0 Å². The third-order valence-electron chi connectivity index (χ3n) is 5.20. The van der Waals surface area contributed by atoms with E-state index < -0.39 is 18.1 Å². The molecule has 30 heavy (non-hydrogen) atoms. The van der Waals surface area contributed by atoms with Crippen molar-refractivity contribution in [1.29, 1.82) is 0 Å². The van der Waals surface area contributed by atoms with Crippen LogP contribution in [-0.2, 0) is 14.3 Å². The molecule has 0 heterocycles. The molecule has 0 aromatic heterocycles. The first kappa shape index (κ1) is 21.6. The molecular weight excluding hydrogens is 380 g/mol. The van der Waals surface area contributed by atoms with Gasteiger partial charge < -0.3 is 20.5 Å². The van der Waals surface area contributed by atoms with Gasteiger partial charge in [-0.15, -0.1) is 0 Å². The molecule has 1 aliphatic carbocycles. The molecule has 0 saturated carbocycles. The van der Waals surface area contributed by atoms with Gasteiger partial charge >= 0.3 is 12.1 Å². The fraction of sp³-hybridized carbons (Fsp3) is 0.333. The summed E-state index contributed by atoms with van der Waals surface area (Å²) in [4.78, 5) is 23.7. The summed E-state index contributed by atoms with van der Waals surface area (Å²) < 4.78 is 10.4. The Bertz CT molecular complexity index is 851. The SMILES string of the molecule is C=CCOC(=O)[C@H](N)CCCCNC(=O)OCC1c2ccccc2-c2ccccc21. The highest BCUT2D eigenvalue weighted by Gasteiger charge is 2.28. The molecular formula is C24H28N2O4. The summed E-state index contributed by atoms with van der Waals surface area (Å²) in [7, 11) is 0. The first-order valence-corrected chi connectivity index (χ1v) is 10.2. The molecule has 1 atom stereocenters. The van der Waals surface area contributed by atoms with Crippen molar-refractivity contribution in [2.24, 2.45) is 5.73 Å². The summed E-state index contributed by atoms with van der Waals surface area (Å²) >= 11 is 0. The van der Waals surface area contributed by atoms with E-state index in [4.69, 9.17) is 15.2 Å². The summed E-state index contributed by atoms with van der Waals surface area (Å²) in [6, 6.07) is 15.8. The van der Waals surface area contributed by atoms with Crippen molar-refractivity contribution in [3.8, 4) is 11.1 Å². The summed E-state index contributed by atoms with van der Waals surface area (Å²) in [5.74, 6) is -0.387. The summed E-state index contributed by atoms with van der Waals surface area (Å²) in [6.07, 6.45) is 2.97. The largest absolute Gasteiger partial charge is 0.460 e. The number of unbranched alkanes of at least 4 members (excludes halogenated alkanes) is 1. The molecule has 0 spiro atoms. The highest BCUT2D eigenvalue weighted by Crippen LogP contribution is 2.44. The van der Waals surface area contributed by atoms with E-state index in [1.54, 1.807) is 0 Å². The monoisotopic (exact) mass is 408 g/mol. The lowest BCUT2D eigenvalue weighted by Gasteiger charge is -2.14. The van der Waals surface area contributed by atoms with Crippen LogP contribution in [0.5, 0.6) is 0 Å². The predicted molar refractivity (Wildman–Crippen MR) is 116 cm³/mol. The molecule has 2 aromatic rings. The number of ether oxygens (including phenoxy) is 2. The van der Waals surface area contributed by atoms with Gasteiger partial charge in [0, 0.05) is 12.5 Å². The maximum Gasteiger partial charge on any atom is 0.407 e. The molecule has 158 valence electrons. The number of alkyl carbamates (subject to hydrolysis) is 1. The molecule has 0 aliphatic heterocycles. The van der Waals surface area contributed by atoms with E-state index in [1.165, 1.54) is 28.3 Å². The Morgan fingerprint density at radius 3 is 2.30 bits per heavy atom. The van der Waals surface area contributed by atoms with Gasteiger partial charge in [-0.25, -0.2) is 4.79 Å². The second kappa shape index (κ2) is 10.6. The first-order valence-electron chi connectivity index (χ1n) is 10.2. The Morgan fingerprint density at radius 1 is 1.03 bits per heavy atom. The van der Waals surface area contributed by atoms with Crippen molar-refractivity contribution in [3.05, 3.63) is 72.3 Å². The average Bonchev–Trinajstić information content (AvgIpc) is 3.09. The van der Waals surface area contributed by atoms with Gasteiger partial charge in [0.15, 0.2) is 0 Å². The van der Waals surface area contributed by atoms with Crippen molar-refractivity contribution < 1.29 is 19.1 Å². The van der Waals surface area contributed by atoms with Gasteiger partial charge in [-0.05, 0) is 41.5 Å². The normalized spacial score (nSPS) is 13.1. The van der Waals surface area contributed by atoms with Crippen molar-refractivity contribution in [2.45, 2.75) is 31.2 Å². The molecule has 6 heteroatoms. The standard InChI is InChI=1S/C24H28N2O4/c1-2-15-29-23(27)22(25)13-7-8-14-26-24(28)30-16-21-19-11-5-3-9-17(19)18-10-4-6-12-20(18)21/h2-6,9-12,21-22H,1,7-8,13-16,25H2,(H,26,28)/t22-/m1/s1. The third-order valence-corrected chi connectivity index (χ3v) is 5.20. The minimum absolute atomic E-state index is 0.0442. The summed E-state index contributed by atoms with van der Waals surface area (Å²) in [6.45, 7) is 4.40. The van der Waals surface area contributed by atoms with E-state index in [0.29, 0.717) is 32.4 Å². The van der Waals surface area contributed by atoms with Crippen LogP contribution in [0, 0.1) is 0 Å². The van der Waals surface area contributed by atoms with Crippen LogP contribution in [0.1, 0.15) is 36.3 Å². The average molecular weight is 408 g/mol. The number of hydrogen-bond acceptors (Lipinski definition) is 5. The number of nitrogens with one attached hydrogen (secondary N) is 1. The summed E-state index contributed by atoms with van der Waals surface area (Å²) in [5, 5.41) is 2.76. The Kier molecular flexibility index (Phi) is 7.63. The number of esters is 1. The second-order valence-electron chi connectivity index (χ2n) is 7.27. The fourth-order valence-electron chi connectivity index (χ4n) is 3.70. The smallest absolute Gasteiger partial charge is 0.407 e. The van der Waals surface area contributed by atoms with Crippen molar-refractivity contribution in [1.82, 2.24) is 5.32 Å². The molecule has 3 N–H and O–H groups in total. The second-order valence-corrected chi connectivity index (χ2v) is 7.27. The zero-order chi connectivity index (χ0) is 21.3. The number of carbonyl (C=O) groups is 2. The van der Waals surface area contributed by atoms with Crippen molar-refractivity contribution in [2.75, 3.05) is 19.8 Å². The Morgan fingerprint density at radius 2 is 1.67 bits per heavy atom. The predicted octanol–water partition coefficient (Wildman–Crippen LogP) is 3.75. The number of rotatable bonds is 10. The van der Waals surface area contributed by atoms with Gasteiger partial charge in [0.25, 0.3) is 0 Å². The number of carbonyl (C=O) groups excluding carboxylic acids is 2. The van der Waals surface area contributed by atoms with Gasteiger partial charge in [0.2, 0.25) is 0 Å². The molecule has 3 rings (SSSR count). The van der Waals surface area contributed by atoms with E-state index in [9.17, 15) is 9.59 Å². The van der Waals surface area contributed by atoms with Gasteiger partial charge in [-0.3, -0.25) is 4.79 Å². The molecule has 1 aliphatic rings. The quantitative estimate of drug-likeness (QED) is 0.355. The van der Waals surface area contributed by atoms with Crippen LogP contribution in [0.3, 0.4) is 0 Å². The minimum atomic E-state index is -0.653. The molecule has 0 radical (unpaired) electrons. The molecule has 1 amide bonds. The minimum Gasteiger partial charge on any atom is -0.460 e. The Labute approximate surface area is 177 Å². The number of nitrogens with two attached hydrogens (primary N) is 1. The molecule has 0 saturated heterocycles. The van der Waals surface area contributed by atoms with Crippen LogP contribution in [0.2, 0.25) is 0 Å². The van der Waals surface area contributed by atoms with Gasteiger partial charge in [0.1, 0.15) is 19.3 Å². The molecule has 0 unspecified atom stereocenters. The molecule has 6 nitrogen and oxygen atoms in total. The van der Waals surface area contributed by atoms with E-state index in [0.717, 1.165) is 0 Å². The number of fused-ring (bicyclic) bond motifs is 3. The first-order chi connectivity index (χ1) is 14.6. The highest BCUT2D eigenvalue weighted by atomic mass is 16.5. The lowest BCUT2D eigenvalue weighted by atomic mass is 9.98. The molecule has 0 bridgehead atoms. The van der Waals surface area contributed by atoms with E-state index in [-0.39, 0.29) is 12.5 Å². The van der Waals surface area contributed by atoms with E-state index in [2.05, 4.69) is 36.2 Å². The van der Waals surface area contributed by atoms with Crippen LogP contribution in [0.15, 0.2) is 61.2 Å². The van der Waals surface area contributed by atoms with Crippen LogP contribution in [0.4, 0.5) is 4.79 Å². The zero-order valence-corrected chi connectivity index (χ0v) is 17.0. The molecule has 2 aromatic carbocycles. The lowest BCUT2D eigenvalue weighted by Crippen LogP contribution is -2.32.